The Kier molecular flexibility index (Phi) is 7.13. The number of anilines is 5. The molecule has 50 heavy (non-hydrogen) atoms. The van der Waals surface area contributed by atoms with Crippen LogP contribution in [0.15, 0.2) is 145 Å². The van der Waals surface area contributed by atoms with Gasteiger partial charge in [0.15, 0.2) is 0 Å². The van der Waals surface area contributed by atoms with Crippen LogP contribution in [0.4, 0.5) is 37.2 Å². The molecule has 0 N–H and O–H groups in total. The second kappa shape index (κ2) is 11.7. The molecule has 9 rings (SSSR count). The third kappa shape index (κ3) is 4.83. The molecule has 6 aromatic carbocycles. The third-order valence-corrected chi connectivity index (χ3v) is 10.4. The van der Waals surface area contributed by atoms with Crippen LogP contribution in [0.1, 0.15) is 23.1 Å². The van der Waals surface area contributed by atoms with Gasteiger partial charge in [0.05, 0.1) is 6.04 Å². The predicted molar refractivity (Wildman–Crippen MR) is 206 cm³/mol. The number of nitrogens with zero attached hydrogens (tertiary/aromatic N) is 2. The largest absolute Gasteiger partial charge is 0.335 e. The maximum absolute atomic E-state index is 14.5. The minimum absolute atomic E-state index is 0.0854. The second-order valence-electron chi connectivity index (χ2n) is 13.8. The van der Waals surface area contributed by atoms with E-state index in [1.54, 1.807) is 24.3 Å². The smallest absolute Gasteiger partial charge is 0.253 e. The van der Waals surface area contributed by atoms with Crippen LogP contribution in [0.3, 0.4) is 0 Å². The van der Waals surface area contributed by atoms with E-state index >= 15 is 0 Å². The molecule has 0 aromatic heterocycles. The molecule has 0 spiro atoms. The Bertz CT molecular complexity index is 2360. The summed E-state index contributed by atoms with van der Waals surface area (Å²) in [5.74, 6) is -0.465. The van der Waals surface area contributed by atoms with Gasteiger partial charge in [0, 0.05) is 28.4 Å². The average Bonchev–Trinajstić information content (AvgIpc) is 3.12. The predicted octanol–water partition coefficient (Wildman–Crippen LogP) is 10.0. The fraction of sp³-hybridized carbons (Fsp3) is 0.111. The highest BCUT2D eigenvalue weighted by molar-refractivity contribution is 7.01. The van der Waals surface area contributed by atoms with E-state index in [1.807, 2.05) is 18.2 Å². The highest BCUT2D eigenvalue weighted by atomic mass is 19.1. The molecular formula is C45H35BF2N2. The standard InChI is InChI=1S/C45H35BF2N2/c1-28-22-37(31-10-6-4-7-11-31)43-39(24-28)49(35-18-14-33(47)15-19-35)41-26-30(3)27-42-45(41)46(43)44-38(32-12-8-5-9-13-32)23-29(2)25-40(44)50(42)36-20-16-34(48)17-21-36/h4-20,22-27,36H,21H2,1-3H3. The number of hydrogen-bond donors (Lipinski definition) is 0. The van der Waals surface area contributed by atoms with Gasteiger partial charge in [-0.25, -0.2) is 8.78 Å². The van der Waals surface area contributed by atoms with Gasteiger partial charge >= 0.3 is 0 Å². The third-order valence-electron chi connectivity index (χ3n) is 10.4. The molecule has 1 aliphatic carbocycles. The number of halogens is 2. The van der Waals surface area contributed by atoms with Crippen molar-refractivity contribution in [3.8, 4) is 22.3 Å². The Labute approximate surface area is 292 Å². The summed E-state index contributed by atoms with van der Waals surface area (Å²) in [7, 11) is 0. The van der Waals surface area contributed by atoms with Crippen molar-refractivity contribution in [1.29, 1.82) is 0 Å². The highest BCUT2D eigenvalue weighted by Gasteiger charge is 2.46. The Morgan fingerprint density at radius 2 is 1.08 bits per heavy atom. The highest BCUT2D eigenvalue weighted by Crippen LogP contribution is 2.46. The fourth-order valence-electron chi connectivity index (χ4n) is 8.39. The molecule has 0 fully saturated rings. The van der Waals surface area contributed by atoms with Crippen molar-refractivity contribution < 1.29 is 8.78 Å². The lowest BCUT2D eigenvalue weighted by atomic mass is 9.31. The summed E-state index contributed by atoms with van der Waals surface area (Å²) < 4.78 is 29.0. The van der Waals surface area contributed by atoms with Crippen LogP contribution in [0, 0.1) is 26.6 Å². The molecule has 0 saturated heterocycles. The quantitative estimate of drug-likeness (QED) is 0.175. The lowest BCUT2D eigenvalue weighted by Crippen LogP contribution is -2.63. The molecule has 2 aliphatic heterocycles. The van der Waals surface area contributed by atoms with Crippen LogP contribution in [-0.2, 0) is 0 Å². The van der Waals surface area contributed by atoms with Crippen molar-refractivity contribution in [2.45, 2.75) is 33.2 Å². The molecule has 2 heterocycles. The molecule has 5 heteroatoms. The maximum atomic E-state index is 14.5. The molecule has 0 radical (unpaired) electrons. The van der Waals surface area contributed by atoms with Crippen molar-refractivity contribution in [1.82, 2.24) is 0 Å². The zero-order valence-electron chi connectivity index (χ0n) is 28.3. The number of fused-ring (bicyclic) bond motifs is 4. The molecule has 242 valence electrons. The van der Waals surface area contributed by atoms with Crippen molar-refractivity contribution >= 4 is 51.5 Å². The van der Waals surface area contributed by atoms with Gasteiger partial charge in [0.25, 0.3) is 6.71 Å². The molecular weight excluding hydrogens is 617 g/mol. The van der Waals surface area contributed by atoms with Gasteiger partial charge in [0.2, 0.25) is 0 Å². The van der Waals surface area contributed by atoms with E-state index in [1.165, 1.54) is 33.1 Å². The molecule has 2 nitrogen and oxygen atoms in total. The number of allylic oxidation sites excluding steroid dienone is 2. The molecule has 0 amide bonds. The van der Waals surface area contributed by atoms with Gasteiger partial charge in [-0.1, -0.05) is 78.9 Å². The monoisotopic (exact) mass is 652 g/mol. The first kappa shape index (κ1) is 30.4. The average molecular weight is 653 g/mol. The number of rotatable bonds is 4. The summed E-state index contributed by atoms with van der Waals surface area (Å²) in [6.45, 7) is 6.35. The summed E-state index contributed by atoms with van der Waals surface area (Å²) in [6, 6.07) is 41.9. The van der Waals surface area contributed by atoms with Crippen molar-refractivity contribution in [3.63, 3.8) is 0 Å². The lowest BCUT2D eigenvalue weighted by Gasteiger charge is -2.47. The van der Waals surface area contributed by atoms with E-state index in [0.29, 0.717) is 6.42 Å². The molecule has 3 aliphatic rings. The van der Waals surface area contributed by atoms with Gasteiger partial charge < -0.3 is 9.80 Å². The van der Waals surface area contributed by atoms with Gasteiger partial charge in [0.1, 0.15) is 11.6 Å². The van der Waals surface area contributed by atoms with E-state index in [9.17, 15) is 8.78 Å². The zero-order valence-corrected chi connectivity index (χ0v) is 28.3. The van der Waals surface area contributed by atoms with E-state index in [4.69, 9.17) is 0 Å². The first-order valence-electron chi connectivity index (χ1n) is 17.3. The minimum atomic E-state index is -0.267. The van der Waals surface area contributed by atoms with Gasteiger partial charge in [-0.15, -0.1) is 0 Å². The van der Waals surface area contributed by atoms with Crippen LogP contribution in [-0.4, -0.2) is 12.8 Å². The SMILES string of the molecule is Cc1cc(-c2ccccc2)c2c(c1)N(c1ccc(F)cc1)c1cc(C)cc3c1B2c1c(-c2ccccc2)cc(C)cc1N3C1C=CC(F)=CC1. The van der Waals surface area contributed by atoms with Crippen molar-refractivity contribution in [2.24, 2.45) is 0 Å². The van der Waals surface area contributed by atoms with Crippen molar-refractivity contribution in [2.75, 3.05) is 9.80 Å². The summed E-state index contributed by atoms with van der Waals surface area (Å²) in [4.78, 5) is 4.77. The van der Waals surface area contributed by atoms with Crippen molar-refractivity contribution in [3.05, 3.63) is 168 Å². The van der Waals surface area contributed by atoms with Gasteiger partial charge in [-0.05, 0) is 143 Å². The molecule has 1 unspecified atom stereocenters. The number of aryl methyl sites for hydroxylation is 3. The second-order valence-corrected chi connectivity index (χ2v) is 13.8. The number of benzene rings is 6. The Morgan fingerprint density at radius 3 is 1.64 bits per heavy atom. The zero-order chi connectivity index (χ0) is 34.1. The van der Waals surface area contributed by atoms with Crippen LogP contribution >= 0.6 is 0 Å². The molecule has 0 saturated carbocycles. The van der Waals surface area contributed by atoms with Crippen LogP contribution in [0.5, 0.6) is 0 Å². The normalized spacial score (nSPS) is 15.7. The van der Waals surface area contributed by atoms with Gasteiger partial charge in [-0.3, -0.25) is 0 Å². The fourth-order valence-corrected chi connectivity index (χ4v) is 8.39. The van der Waals surface area contributed by atoms with Crippen LogP contribution in [0.2, 0.25) is 0 Å². The summed E-state index contributed by atoms with van der Waals surface area (Å²) in [6.07, 6.45) is 5.86. The summed E-state index contributed by atoms with van der Waals surface area (Å²) in [5, 5.41) is 0. The minimum Gasteiger partial charge on any atom is -0.335 e. The first-order chi connectivity index (χ1) is 24.4. The lowest BCUT2D eigenvalue weighted by molar-refractivity contribution is 0.628. The van der Waals surface area contributed by atoms with Gasteiger partial charge in [-0.2, -0.15) is 0 Å². The van der Waals surface area contributed by atoms with E-state index in [2.05, 4.69) is 128 Å². The van der Waals surface area contributed by atoms with E-state index in [0.717, 1.165) is 50.7 Å². The summed E-state index contributed by atoms with van der Waals surface area (Å²) in [5.41, 5.74) is 17.1. The number of hydrogen-bond acceptors (Lipinski definition) is 2. The summed E-state index contributed by atoms with van der Waals surface area (Å²) >= 11 is 0. The maximum Gasteiger partial charge on any atom is 0.253 e. The van der Waals surface area contributed by atoms with E-state index in [-0.39, 0.29) is 24.4 Å². The van der Waals surface area contributed by atoms with Crippen LogP contribution in [0.25, 0.3) is 22.3 Å². The van der Waals surface area contributed by atoms with E-state index < -0.39 is 0 Å². The molecule has 6 aromatic rings. The molecule has 0 bridgehead atoms. The Hall–Kier alpha value is -5.68. The molecule has 1 atom stereocenters. The Morgan fingerprint density at radius 1 is 0.580 bits per heavy atom. The first-order valence-corrected chi connectivity index (χ1v) is 17.3. The van der Waals surface area contributed by atoms with Crippen LogP contribution < -0.4 is 26.2 Å². The topological polar surface area (TPSA) is 6.48 Å². The Balaban J connectivity index is 1.45.